The van der Waals surface area contributed by atoms with Gasteiger partial charge in [0.05, 0.1) is 24.8 Å². The molecule has 4 atom stereocenters. The molecule has 0 bridgehead atoms. The standard InChI is InChI=1S/C38H40N4O5/c1-26-34(25-46-31-20-17-27(23-39)18-21-31)47-32(24-40-26)22-19-28-11-9-10-16-33(28)41-37(43)36(42-38(44)45-2)35(29-12-5-3-6-13-29)30-14-7-4-8-15-30/h3-18,20-21,26,32,34-36,40H,19,22,24-25H2,1-2H3,(H,41,43)(H,42,44). The van der Waals surface area contributed by atoms with Crippen molar-refractivity contribution in [1.29, 1.82) is 5.26 Å². The Hall–Kier alpha value is -5.17. The van der Waals surface area contributed by atoms with Gasteiger partial charge >= 0.3 is 6.09 Å². The zero-order chi connectivity index (χ0) is 33.0. The van der Waals surface area contributed by atoms with Gasteiger partial charge in [-0.15, -0.1) is 0 Å². The molecule has 2 amide bonds. The van der Waals surface area contributed by atoms with Crippen molar-refractivity contribution in [2.45, 2.75) is 50.0 Å². The van der Waals surface area contributed by atoms with Gasteiger partial charge in [0.2, 0.25) is 5.91 Å². The summed E-state index contributed by atoms with van der Waals surface area (Å²) < 4.78 is 17.3. The fourth-order valence-corrected chi connectivity index (χ4v) is 5.79. The summed E-state index contributed by atoms with van der Waals surface area (Å²) in [4.78, 5) is 26.6. The van der Waals surface area contributed by atoms with Crippen LogP contribution in [0.25, 0.3) is 0 Å². The first-order valence-corrected chi connectivity index (χ1v) is 15.8. The van der Waals surface area contributed by atoms with Gasteiger partial charge in [0.1, 0.15) is 24.5 Å². The normalized spacial score (nSPS) is 18.0. The molecule has 1 heterocycles. The molecular weight excluding hydrogens is 592 g/mol. The maximum Gasteiger partial charge on any atom is 0.407 e. The quantitative estimate of drug-likeness (QED) is 0.180. The molecule has 9 nitrogen and oxygen atoms in total. The summed E-state index contributed by atoms with van der Waals surface area (Å²) in [6, 6.07) is 35.3. The number of anilines is 1. The molecular formula is C38H40N4O5. The van der Waals surface area contributed by atoms with Gasteiger partial charge < -0.3 is 30.2 Å². The third-order valence-electron chi connectivity index (χ3n) is 8.39. The highest BCUT2D eigenvalue weighted by Gasteiger charge is 2.33. The van der Waals surface area contributed by atoms with Crippen molar-refractivity contribution in [1.82, 2.24) is 10.6 Å². The van der Waals surface area contributed by atoms with Crippen molar-refractivity contribution >= 4 is 17.7 Å². The SMILES string of the molecule is COC(=O)NC(C(=O)Nc1ccccc1CCC1CNC(C)C(COc2ccc(C#N)cc2)O1)C(c1ccccc1)c1ccccc1. The maximum atomic E-state index is 14.1. The molecule has 0 radical (unpaired) electrons. The maximum absolute atomic E-state index is 14.1. The summed E-state index contributed by atoms with van der Waals surface area (Å²) in [6.45, 7) is 3.15. The summed E-state index contributed by atoms with van der Waals surface area (Å²) >= 11 is 0. The molecule has 4 aromatic rings. The largest absolute Gasteiger partial charge is 0.491 e. The van der Waals surface area contributed by atoms with Crippen LogP contribution < -0.4 is 20.7 Å². The molecule has 3 N–H and O–H groups in total. The zero-order valence-electron chi connectivity index (χ0n) is 26.6. The number of benzene rings is 4. The van der Waals surface area contributed by atoms with Crippen LogP contribution in [0.1, 0.15) is 41.5 Å². The lowest BCUT2D eigenvalue weighted by Gasteiger charge is -2.36. The van der Waals surface area contributed by atoms with E-state index in [4.69, 9.17) is 19.5 Å². The van der Waals surface area contributed by atoms with E-state index in [1.165, 1.54) is 7.11 Å². The van der Waals surface area contributed by atoms with Crippen LogP contribution in [0.3, 0.4) is 0 Å². The van der Waals surface area contributed by atoms with Crippen LogP contribution in [-0.2, 0) is 20.7 Å². The summed E-state index contributed by atoms with van der Waals surface area (Å²) in [5.41, 5.74) is 3.99. The number of ether oxygens (including phenoxy) is 3. The Balaban J connectivity index is 1.27. The monoisotopic (exact) mass is 632 g/mol. The minimum absolute atomic E-state index is 0.0567. The second kappa shape index (κ2) is 16.4. The fraction of sp³-hybridized carbons (Fsp3) is 0.289. The number of nitrogens with one attached hydrogen (secondary N) is 3. The highest BCUT2D eigenvalue weighted by molar-refractivity contribution is 5.98. The van der Waals surface area contributed by atoms with Crippen LogP contribution >= 0.6 is 0 Å². The molecule has 5 rings (SSSR count). The number of rotatable bonds is 12. The van der Waals surface area contributed by atoms with Crippen molar-refractivity contribution in [3.05, 3.63) is 131 Å². The average Bonchev–Trinajstić information content (AvgIpc) is 3.12. The third-order valence-corrected chi connectivity index (χ3v) is 8.39. The highest BCUT2D eigenvalue weighted by Crippen LogP contribution is 2.30. The Labute approximate surface area is 275 Å². The number of alkyl carbamates (subject to hydrolysis) is 1. The predicted molar refractivity (Wildman–Crippen MR) is 180 cm³/mol. The van der Waals surface area contributed by atoms with Gasteiger partial charge in [-0.3, -0.25) is 4.79 Å². The average molecular weight is 633 g/mol. The second-order valence-corrected chi connectivity index (χ2v) is 11.5. The van der Waals surface area contributed by atoms with Gasteiger partial charge in [0.15, 0.2) is 0 Å². The number of carbonyl (C=O) groups is 2. The molecule has 1 fully saturated rings. The molecule has 4 aromatic carbocycles. The minimum atomic E-state index is -0.954. The van der Waals surface area contributed by atoms with Gasteiger partial charge in [-0.25, -0.2) is 4.79 Å². The Morgan fingerprint density at radius 3 is 2.21 bits per heavy atom. The second-order valence-electron chi connectivity index (χ2n) is 11.5. The lowest BCUT2D eigenvalue weighted by molar-refractivity contribution is -0.118. The molecule has 0 aromatic heterocycles. The summed E-state index contributed by atoms with van der Waals surface area (Å²) in [6.07, 6.45) is 0.483. The van der Waals surface area contributed by atoms with Crippen LogP contribution in [0.15, 0.2) is 109 Å². The first kappa shape index (κ1) is 33.2. The van der Waals surface area contributed by atoms with Crippen molar-refractivity contribution in [2.24, 2.45) is 0 Å². The Bertz CT molecular complexity index is 1600. The number of methoxy groups -OCH3 is 1. The van der Waals surface area contributed by atoms with Gasteiger partial charge in [-0.05, 0) is 66.8 Å². The number of morpholine rings is 1. The molecule has 0 aliphatic carbocycles. The molecule has 242 valence electrons. The van der Waals surface area contributed by atoms with Crippen molar-refractivity contribution in [2.75, 3.05) is 25.6 Å². The first-order chi connectivity index (χ1) is 22.9. The van der Waals surface area contributed by atoms with Gasteiger partial charge in [0.25, 0.3) is 0 Å². The molecule has 4 unspecified atom stereocenters. The fourth-order valence-electron chi connectivity index (χ4n) is 5.79. The van der Waals surface area contributed by atoms with Crippen LogP contribution in [0.2, 0.25) is 0 Å². The Morgan fingerprint density at radius 1 is 0.936 bits per heavy atom. The van der Waals surface area contributed by atoms with Gasteiger partial charge in [-0.2, -0.15) is 5.26 Å². The number of aryl methyl sites for hydroxylation is 1. The lowest BCUT2D eigenvalue weighted by atomic mass is 9.84. The number of para-hydroxylation sites is 1. The highest BCUT2D eigenvalue weighted by atomic mass is 16.5. The van der Waals surface area contributed by atoms with E-state index in [2.05, 4.69) is 28.9 Å². The van der Waals surface area contributed by atoms with E-state index in [-0.39, 0.29) is 24.2 Å². The number of hydrogen-bond donors (Lipinski definition) is 3. The number of amides is 2. The van der Waals surface area contributed by atoms with Gasteiger partial charge in [0, 0.05) is 24.2 Å². The van der Waals surface area contributed by atoms with E-state index >= 15 is 0 Å². The van der Waals surface area contributed by atoms with E-state index < -0.39 is 18.1 Å². The summed E-state index contributed by atoms with van der Waals surface area (Å²) in [7, 11) is 1.28. The molecule has 9 heteroatoms. The van der Waals surface area contributed by atoms with Crippen molar-refractivity contribution in [3.8, 4) is 11.8 Å². The van der Waals surface area contributed by atoms with Crippen LogP contribution in [0.5, 0.6) is 5.75 Å². The topological polar surface area (TPSA) is 122 Å². The molecule has 47 heavy (non-hydrogen) atoms. The predicted octanol–water partition coefficient (Wildman–Crippen LogP) is 5.81. The Kier molecular flexibility index (Phi) is 11.6. The molecule has 1 aliphatic rings. The van der Waals surface area contributed by atoms with Crippen LogP contribution in [0.4, 0.5) is 10.5 Å². The number of hydrogen-bond acceptors (Lipinski definition) is 7. The minimum Gasteiger partial charge on any atom is -0.491 e. The first-order valence-electron chi connectivity index (χ1n) is 15.8. The third kappa shape index (κ3) is 8.97. The van der Waals surface area contributed by atoms with E-state index in [0.717, 1.165) is 23.1 Å². The van der Waals surface area contributed by atoms with E-state index in [1.807, 2.05) is 84.9 Å². The van der Waals surface area contributed by atoms with Crippen molar-refractivity contribution < 1.29 is 23.8 Å². The molecule has 1 aliphatic heterocycles. The van der Waals surface area contributed by atoms with Crippen molar-refractivity contribution in [3.63, 3.8) is 0 Å². The lowest BCUT2D eigenvalue weighted by Crippen LogP contribution is -2.53. The smallest absolute Gasteiger partial charge is 0.407 e. The zero-order valence-corrected chi connectivity index (χ0v) is 26.6. The molecule has 0 spiro atoms. The van der Waals surface area contributed by atoms with Crippen LogP contribution in [-0.4, -0.2) is 56.6 Å². The number of nitriles is 1. The number of carbonyl (C=O) groups excluding carboxylic acids is 2. The van der Waals surface area contributed by atoms with E-state index in [9.17, 15) is 9.59 Å². The van der Waals surface area contributed by atoms with E-state index in [0.29, 0.717) is 36.6 Å². The molecule has 1 saturated heterocycles. The Morgan fingerprint density at radius 2 is 1.57 bits per heavy atom. The molecule has 0 saturated carbocycles. The van der Waals surface area contributed by atoms with Crippen LogP contribution in [0, 0.1) is 11.3 Å². The summed E-state index contributed by atoms with van der Waals surface area (Å²) in [5, 5.41) is 18.5. The summed E-state index contributed by atoms with van der Waals surface area (Å²) in [5.74, 6) is -0.130. The van der Waals surface area contributed by atoms with Gasteiger partial charge in [-0.1, -0.05) is 78.9 Å². The number of nitrogens with zero attached hydrogens (tertiary/aromatic N) is 1. The van der Waals surface area contributed by atoms with E-state index in [1.54, 1.807) is 24.3 Å².